The number of halogens is 1. The number of rotatable bonds is 6. The predicted molar refractivity (Wildman–Crippen MR) is 119 cm³/mol. The zero-order chi connectivity index (χ0) is 18.1. The van der Waals surface area contributed by atoms with E-state index in [4.69, 9.17) is 0 Å². The van der Waals surface area contributed by atoms with E-state index in [1.807, 2.05) is 30.1 Å². The Labute approximate surface area is 175 Å². The summed E-state index contributed by atoms with van der Waals surface area (Å²) in [4.78, 5) is 21.1. The summed E-state index contributed by atoms with van der Waals surface area (Å²) < 4.78 is 0. The molecule has 0 radical (unpaired) electrons. The van der Waals surface area contributed by atoms with Crippen molar-refractivity contribution in [2.24, 2.45) is 10.9 Å². The Hall–Kier alpha value is -1.31. The first-order valence-corrected chi connectivity index (χ1v) is 9.41. The molecule has 0 spiro atoms. The molecule has 1 aromatic carbocycles. The van der Waals surface area contributed by atoms with Crippen molar-refractivity contribution in [2.75, 3.05) is 33.2 Å². The lowest BCUT2D eigenvalue weighted by Gasteiger charge is -2.31. The standard InChI is InChI=1S/C20H32N4O.HI/c1-4-21-20(23(3)16-18-10-6-5-7-11-18)22-13-12-19(25)24-14-8-9-17(2)15-24;/h5-7,10-11,17H,4,8-9,12-16H2,1-3H3,(H,21,22);1H. The van der Waals surface area contributed by atoms with Gasteiger partial charge in [0.2, 0.25) is 5.91 Å². The van der Waals surface area contributed by atoms with Crippen molar-refractivity contribution in [2.45, 2.75) is 39.7 Å². The number of piperidine rings is 1. The number of carbonyl (C=O) groups excluding carboxylic acids is 1. The normalized spacial score (nSPS) is 17.4. The Morgan fingerprint density at radius 1 is 1.35 bits per heavy atom. The predicted octanol–water partition coefficient (Wildman–Crippen LogP) is 3.35. The Morgan fingerprint density at radius 2 is 2.08 bits per heavy atom. The van der Waals surface area contributed by atoms with Gasteiger partial charge >= 0.3 is 0 Å². The lowest BCUT2D eigenvalue weighted by Crippen LogP contribution is -2.40. The van der Waals surface area contributed by atoms with Crippen molar-refractivity contribution in [1.82, 2.24) is 15.1 Å². The van der Waals surface area contributed by atoms with Crippen molar-refractivity contribution in [1.29, 1.82) is 0 Å². The number of benzene rings is 1. The van der Waals surface area contributed by atoms with Gasteiger partial charge in [0, 0.05) is 39.6 Å². The molecule has 6 heteroatoms. The molecule has 0 aromatic heterocycles. The second-order valence-electron chi connectivity index (χ2n) is 6.91. The number of hydrogen-bond donors (Lipinski definition) is 1. The number of nitrogens with one attached hydrogen (secondary N) is 1. The highest BCUT2D eigenvalue weighted by molar-refractivity contribution is 14.0. The van der Waals surface area contributed by atoms with Gasteiger partial charge in [-0.05, 0) is 31.2 Å². The van der Waals surface area contributed by atoms with Crippen molar-refractivity contribution >= 4 is 35.8 Å². The molecule has 1 fully saturated rings. The first-order chi connectivity index (χ1) is 12.1. The molecule has 0 aliphatic carbocycles. The molecule has 146 valence electrons. The van der Waals surface area contributed by atoms with Gasteiger partial charge in [0.05, 0.1) is 6.54 Å². The lowest BCUT2D eigenvalue weighted by atomic mass is 10.00. The highest BCUT2D eigenvalue weighted by Crippen LogP contribution is 2.16. The molecular weight excluding hydrogens is 439 g/mol. The fraction of sp³-hybridized carbons (Fsp3) is 0.600. The quantitative estimate of drug-likeness (QED) is 0.393. The molecule has 1 aliphatic rings. The maximum atomic E-state index is 12.4. The third kappa shape index (κ3) is 7.51. The molecule has 1 heterocycles. The Bertz CT molecular complexity index is 564. The van der Waals surface area contributed by atoms with Crippen LogP contribution in [0.3, 0.4) is 0 Å². The van der Waals surface area contributed by atoms with Crippen LogP contribution in [0.4, 0.5) is 0 Å². The molecule has 1 N–H and O–H groups in total. The first-order valence-electron chi connectivity index (χ1n) is 9.41. The highest BCUT2D eigenvalue weighted by Gasteiger charge is 2.20. The molecule has 1 amide bonds. The number of nitrogens with zero attached hydrogens (tertiary/aromatic N) is 3. The average Bonchev–Trinajstić information content (AvgIpc) is 2.61. The summed E-state index contributed by atoms with van der Waals surface area (Å²) in [5, 5.41) is 3.31. The van der Waals surface area contributed by atoms with Crippen LogP contribution in [-0.2, 0) is 11.3 Å². The van der Waals surface area contributed by atoms with Crippen LogP contribution in [0.1, 0.15) is 38.7 Å². The Kier molecular flexibility index (Phi) is 10.6. The number of likely N-dealkylation sites (tertiary alicyclic amines) is 1. The van der Waals surface area contributed by atoms with Crippen molar-refractivity contribution in [3.8, 4) is 0 Å². The third-order valence-electron chi connectivity index (χ3n) is 4.56. The van der Waals surface area contributed by atoms with Gasteiger partial charge < -0.3 is 15.1 Å². The molecule has 0 bridgehead atoms. The van der Waals surface area contributed by atoms with E-state index in [1.54, 1.807) is 0 Å². The van der Waals surface area contributed by atoms with E-state index < -0.39 is 0 Å². The van der Waals surface area contributed by atoms with Gasteiger partial charge in [-0.25, -0.2) is 0 Å². The molecule has 5 nitrogen and oxygen atoms in total. The molecular formula is C20H33IN4O. The van der Waals surface area contributed by atoms with Crippen LogP contribution in [-0.4, -0.2) is 54.9 Å². The van der Waals surface area contributed by atoms with Crippen LogP contribution in [0.2, 0.25) is 0 Å². The molecule has 2 rings (SSSR count). The fourth-order valence-corrected chi connectivity index (χ4v) is 3.23. The van der Waals surface area contributed by atoms with Gasteiger partial charge in [0.25, 0.3) is 0 Å². The number of carbonyl (C=O) groups is 1. The number of aliphatic imine (C=N–C) groups is 1. The van der Waals surface area contributed by atoms with Crippen LogP contribution in [0.15, 0.2) is 35.3 Å². The Balaban J connectivity index is 0.00000338. The third-order valence-corrected chi connectivity index (χ3v) is 4.56. The minimum Gasteiger partial charge on any atom is -0.357 e. The topological polar surface area (TPSA) is 47.9 Å². The van der Waals surface area contributed by atoms with E-state index in [9.17, 15) is 4.79 Å². The van der Waals surface area contributed by atoms with E-state index in [1.165, 1.54) is 12.0 Å². The van der Waals surface area contributed by atoms with Gasteiger partial charge in [0.1, 0.15) is 0 Å². The molecule has 1 atom stereocenters. The summed E-state index contributed by atoms with van der Waals surface area (Å²) in [6, 6.07) is 10.3. The largest absolute Gasteiger partial charge is 0.357 e. The van der Waals surface area contributed by atoms with Crippen LogP contribution < -0.4 is 5.32 Å². The second kappa shape index (κ2) is 12.1. The van der Waals surface area contributed by atoms with Crippen molar-refractivity contribution in [3.63, 3.8) is 0 Å². The average molecular weight is 472 g/mol. The van der Waals surface area contributed by atoms with Crippen molar-refractivity contribution in [3.05, 3.63) is 35.9 Å². The van der Waals surface area contributed by atoms with E-state index in [2.05, 4.69) is 41.2 Å². The van der Waals surface area contributed by atoms with E-state index in [0.717, 1.165) is 38.6 Å². The van der Waals surface area contributed by atoms with Crippen molar-refractivity contribution < 1.29 is 4.79 Å². The van der Waals surface area contributed by atoms with E-state index >= 15 is 0 Å². The number of guanidine groups is 1. The van der Waals surface area contributed by atoms with Crippen LogP contribution in [0.25, 0.3) is 0 Å². The maximum Gasteiger partial charge on any atom is 0.224 e. The molecule has 1 unspecified atom stereocenters. The number of hydrogen-bond acceptors (Lipinski definition) is 2. The van der Waals surface area contributed by atoms with Gasteiger partial charge in [-0.15, -0.1) is 24.0 Å². The zero-order valence-corrected chi connectivity index (χ0v) is 18.6. The maximum absolute atomic E-state index is 12.4. The summed E-state index contributed by atoms with van der Waals surface area (Å²) in [7, 11) is 2.03. The lowest BCUT2D eigenvalue weighted by molar-refractivity contribution is -0.132. The molecule has 1 saturated heterocycles. The van der Waals surface area contributed by atoms with Crippen LogP contribution in [0.5, 0.6) is 0 Å². The van der Waals surface area contributed by atoms with E-state index in [0.29, 0.717) is 18.9 Å². The summed E-state index contributed by atoms with van der Waals surface area (Å²) in [6.45, 7) is 8.23. The summed E-state index contributed by atoms with van der Waals surface area (Å²) in [5.41, 5.74) is 1.24. The van der Waals surface area contributed by atoms with Gasteiger partial charge in [0.15, 0.2) is 5.96 Å². The van der Waals surface area contributed by atoms with Crippen LogP contribution in [0, 0.1) is 5.92 Å². The zero-order valence-electron chi connectivity index (χ0n) is 16.3. The molecule has 0 saturated carbocycles. The van der Waals surface area contributed by atoms with Gasteiger partial charge in [-0.2, -0.15) is 0 Å². The molecule has 1 aromatic rings. The monoisotopic (exact) mass is 472 g/mol. The first kappa shape index (κ1) is 22.7. The van der Waals surface area contributed by atoms with Gasteiger partial charge in [-0.1, -0.05) is 37.3 Å². The minimum absolute atomic E-state index is 0. The number of amides is 1. The SMILES string of the molecule is CCNC(=NCCC(=O)N1CCCC(C)C1)N(C)Cc1ccccc1.I. The van der Waals surface area contributed by atoms with Crippen LogP contribution >= 0.6 is 24.0 Å². The van der Waals surface area contributed by atoms with E-state index in [-0.39, 0.29) is 29.9 Å². The second-order valence-corrected chi connectivity index (χ2v) is 6.91. The summed E-state index contributed by atoms with van der Waals surface area (Å²) >= 11 is 0. The molecule has 1 aliphatic heterocycles. The highest BCUT2D eigenvalue weighted by atomic mass is 127. The minimum atomic E-state index is 0. The fourth-order valence-electron chi connectivity index (χ4n) is 3.23. The Morgan fingerprint density at radius 3 is 2.73 bits per heavy atom. The molecule has 26 heavy (non-hydrogen) atoms. The summed E-state index contributed by atoms with van der Waals surface area (Å²) in [6.07, 6.45) is 2.84. The smallest absolute Gasteiger partial charge is 0.224 e. The van der Waals surface area contributed by atoms with Gasteiger partial charge in [-0.3, -0.25) is 9.79 Å². The summed E-state index contributed by atoms with van der Waals surface area (Å²) in [5.74, 6) is 1.71.